The summed E-state index contributed by atoms with van der Waals surface area (Å²) >= 11 is 0. The van der Waals surface area contributed by atoms with Crippen LogP contribution in [0.2, 0.25) is 0 Å². The Labute approximate surface area is 145 Å². The van der Waals surface area contributed by atoms with Gasteiger partial charge in [-0.05, 0) is 30.3 Å². The number of aromatic nitrogens is 2. The fraction of sp³-hybridized carbons (Fsp3) is 0.150. The molecule has 0 fully saturated rings. The van der Waals surface area contributed by atoms with Gasteiger partial charge in [-0.2, -0.15) is 0 Å². The molecule has 25 heavy (non-hydrogen) atoms. The summed E-state index contributed by atoms with van der Waals surface area (Å²) < 4.78 is 18.7. The molecule has 5 nitrogen and oxygen atoms in total. The lowest BCUT2D eigenvalue weighted by Crippen LogP contribution is -1.98. The van der Waals surface area contributed by atoms with Crippen molar-refractivity contribution in [3.05, 3.63) is 54.9 Å². The van der Waals surface area contributed by atoms with E-state index in [2.05, 4.69) is 21.7 Å². The number of ether oxygens (including phenoxy) is 3. The van der Waals surface area contributed by atoms with Gasteiger partial charge in [0.15, 0.2) is 11.5 Å². The Balaban J connectivity index is 2.06. The van der Waals surface area contributed by atoms with Crippen molar-refractivity contribution >= 4 is 21.8 Å². The normalized spacial score (nSPS) is 11.0. The van der Waals surface area contributed by atoms with Crippen LogP contribution in [-0.4, -0.2) is 30.9 Å². The molecular formula is C20H18N2O3. The van der Waals surface area contributed by atoms with Crippen molar-refractivity contribution in [3.63, 3.8) is 0 Å². The molecule has 0 radical (unpaired) electrons. The molecule has 0 aliphatic carbocycles. The molecular weight excluding hydrogens is 316 g/mol. The molecule has 0 spiro atoms. The third-order valence-electron chi connectivity index (χ3n) is 4.38. The summed E-state index contributed by atoms with van der Waals surface area (Å²) in [5, 5.41) is 2.04. The monoisotopic (exact) mass is 334 g/mol. The zero-order chi connectivity index (χ0) is 17.4. The Bertz CT molecular complexity index is 1060. The van der Waals surface area contributed by atoms with E-state index >= 15 is 0 Å². The molecule has 2 heterocycles. The highest BCUT2D eigenvalue weighted by Gasteiger charge is 2.19. The molecule has 4 rings (SSSR count). The minimum atomic E-state index is 0.592. The quantitative estimate of drug-likeness (QED) is 0.561. The van der Waals surface area contributed by atoms with Crippen molar-refractivity contribution in [3.8, 4) is 22.9 Å². The van der Waals surface area contributed by atoms with Gasteiger partial charge in [0, 0.05) is 29.2 Å². The van der Waals surface area contributed by atoms with Crippen molar-refractivity contribution < 1.29 is 14.2 Å². The van der Waals surface area contributed by atoms with Gasteiger partial charge in [-0.1, -0.05) is 6.07 Å². The SMILES string of the molecule is COc1cc2c(ccn2-c2cccc3ncccc23)c(OC)c1OC. The fourth-order valence-corrected chi connectivity index (χ4v) is 3.26. The number of fused-ring (bicyclic) bond motifs is 2. The molecule has 0 atom stereocenters. The highest BCUT2D eigenvalue weighted by Crippen LogP contribution is 2.44. The van der Waals surface area contributed by atoms with Gasteiger partial charge >= 0.3 is 0 Å². The van der Waals surface area contributed by atoms with Crippen LogP contribution >= 0.6 is 0 Å². The second-order valence-electron chi connectivity index (χ2n) is 5.61. The average molecular weight is 334 g/mol. The predicted molar refractivity (Wildman–Crippen MR) is 98.2 cm³/mol. The first-order chi connectivity index (χ1) is 12.3. The fourth-order valence-electron chi connectivity index (χ4n) is 3.26. The highest BCUT2D eigenvalue weighted by atomic mass is 16.5. The van der Waals surface area contributed by atoms with Crippen LogP contribution in [0, 0.1) is 0 Å². The van der Waals surface area contributed by atoms with Crippen molar-refractivity contribution in [1.29, 1.82) is 0 Å². The van der Waals surface area contributed by atoms with Crippen LogP contribution in [-0.2, 0) is 0 Å². The van der Waals surface area contributed by atoms with Crippen molar-refractivity contribution in [2.24, 2.45) is 0 Å². The summed E-state index contributed by atoms with van der Waals surface area (Å²) in [6.45, 7) is 0. The molecule has 2 aromatic carbocycles. The molecule has 0 aliphatic heterocycles. The van der Waals surface area contributed by atoms with E-state index in [1.54, 1.807) is 27.5 Å². The second kappa shape index (κ2) is 6.02. The van der Waals surface area contributed by atoms with E-state index in [-0.39, 0.29) is 0 Å². The molecule has 2 aromatic heterocycles. The summed E-state index contributed by atoms with van der Waals surface area (Å²) in [4.78, 5) is 4.44. The van der Waals surface area contributed by atoms with Crippen LogP contribution in [0.5, 0.6) is 17.2 Å². The molecule has 0 amide bonds. The lowest BCUT2D eigenvalue weighted by Gasteiger charge is -2.15. The summed E-state index contributed by atoms with van der Waals surface area (Å²) in [6.07, 6.45) is 3.82. The summed E-state index contributed by atoms with van der Waals surface area (Å²) in [5.41, 5.74) is 2.98. The molecule has 0 unspecified atom stereocenters. The van der Waals surface area contributed by atoms with Crippen LogP contribution in [0.25, 0.3) is 27.5 Å². The van der Waals surface area contributed by atoms with Gasteiger partial charge in [0.1, 0.15) is 0 Å². The van der Waals surface area contributed by atoms with Gasteiger partial charge in [0.2, 0.25) is 5.75 Å². The van der Waals surface area contributed by atoms with Gasteiger partial charge in [0.05, 0.1) is 38.1 Å². The van der Waals surface area contributed by atoms with Crippen LogP contribution < -0.4 is 14.2 Å². The van der Waals surface area contributed by atoms with E-state index in [9.17, 15) is 0 Å². The summed E-state index contributed by atoms with van der Waals surface area (Å²) in [6, 6.07) is 14.1. The first-order valence-electron chi connectivity index (χ1n) is 7.92. The van der Waals surface area contributed by atoms with Crippen molar-refractivity contribution in [2.45, 2.75) is 0 Å². The largest absolute Gasteiger partial charge is 0.493 e. The van der Waals surface area contributed by atoms with Gasteiger partial charge in [-0.15, -0.1) is 0 Å². The number of methoxy groups -OCH3 is 3. The van der Waals surface area contributed by atoms with Gasteiger partial charge in [-0.25, -0.2) is 0 Å². The number of pyridine rings is 1. The number of hydrogen-bond donors (Lipinski definition) is 0. The smallest absolute Gasteiger partial charge is 0.204 e. The minimum Gasteiger partial charge on any atom is -0.493 e. The third-order valence-corrected chi connectivity index (χ3v) is 4.38. The van der Waals surface area contributed by atoms with Crippen LogP contribution in [0.15, 0.2) is 54.9 Å². The zero-order valence-corrected chi connectivity index (χ0v) is 14.3. The Morgan fingerprint density at radius 1 is 0.840 bits per heavy atom. The van der Waals surface area contributed by atoms with E-state index < -0.39 is 0 Å². The first kappa shape index (κ1) is 15.3. The van der Waals surface area contributed by atoms with Gasteiger partial charge in [-0.3, -0.25) is 4.98 Å². The minimum absolute atomic E-state index is 0.592. The zero-order valence-electron chi connectivity index (χ0n) is 14.3. The van der Waals surface area contributed by atoms with Crippen molar-refractivity contribution in [2.75, 3.05) is 21.3 Å². The van der Waals surface area contributed by atoms with E-state index in [4.69, 9.17) is 14.2 Å². The molecule has 0 saturated carbocycles. The Hall–Kier alpha value is -3.21. The van der Waals surface area contributed by atoms with Gasteiger partial charge in [0.25, 0.3) is 0 Å². The maximum Gasteiger partial charge on any atom is 0.204 e. The van der Waals surface area contributed by atoms with E-state index in [0.29, 0.717) is 17.2 Å². The number of hydrogen-bond acceptors (Lipinski definition) is 4. The van der Waals surface area contributed by atoms with Crippen molar-refractivity contribution in [1.82, 2.24) is 9.55 Å². The van der Waals surface area contributed by atoms with Crippen LogP contribution in [0.3, 0.4) is 0 Å². The Morgan fingerprint density at radius 2 is 1.68 bits per heavy atom. The van der Waals surface area contributed by atoms with Crippen LogP contribution in [0.4, 0.5) is 0 Å². The lowest BCUT2D eigenvalue weighted by atomic mass is 10.1. The Morgan fingerprint density at radius 3 is 2.44 bits per heavy atom. The molecule has 0 N–H and O–H groups in total. The molecule has 0 aliphatic rings. The topological polar surface area (TPSA) is 45.5 Å². The third kappa shape index (κ3) is 2.28. The summed E-state index contributed by atoms with van der Waals surface area (Å²) in [5.74, 6) is 1.88. The van der Waals surface area contributed by atoms with E-state index in [1.807, 2.05) is 36.5 Å². The molecule has 0 saturated heterocycles. The lowest BCUT2D eigenvalue weighted by molar-refractivity contribution is 0.327. The first-order valence-corrected chi connectivity index (χ1v) is 7.92. The molecule has 4 aromatic rings. The molecule has 0 bridgehead atoms. The van der Waals surface area contributed by atoms with Gasteiger partial charge < -0.3 is 18.8 Å². The molecule has 126 valence electrons. The standard InChI is InChI=1S/C20H18N2O3/c1-23-18-12-17-14(19(24-2)20(18)25-3)9-11-22(17)16-8-4-7-15-13(16)6-5-10-21-15/h4-12H,1-3H3. The predicted octanol–water partition coefficient (Wildman–Crippen LogP) is 4.20. The van der Waals surface area contributed by atoms with E-state index in [1.165, 1.54) is 0 Å². The van der Waals surface area contributed by atoms with Crippen LogP contribution in [0.1, 0.15) is 0 Å². The number of nitrogens with zero attached hydrogens (tertiary/aromatic N) is 2. The second-order valence-corrected chi connectivity index (χ2v) is 5.61. The summed E-state index contributed by atoms with van der Waals surface area (Å²) in [7, 11) is 4.87. The van der Waals surface area contributed by atoms with E-state index in [0.717, 1.165) is 27.5 Å². The number of rotatable bonds is 4. The number of benzene rings is 2. The highest BCUT2D eigenvalue weighted by molar-refractivity contribution is 5.95. The Kier molecular flexibility index (Phi) is 3.69. The maximum atomic E-state index is 5.60. The average Bonchev–Trinajstić information content (AvgIpc) is 3.09. The maximum absolute atomic E-state index is 5.60. The molecule has 5 heteroatoms.